The van der Waals surface area contributed by atoms with Crippen molar-refractivity contribution < 1.29 is 23.6 Å². The molecule has 52 heavy (non-hydrogen) atoms. The SMILES string of the molecule is C1CN2CCOC2CO1.CCCC(=CCCC1COCCN1CCO)CCC.CCCC=C(CCC)CCC.[CH2-]CCC=C(CCC)CCC.[H-].[H-].[H-].[Mg+2].[Mg+2]. The zero-order valence-electron chi connectivity index (χ0n) is 38.9. The van der Waals surface area contributed by atoms with Crippen molar-refractivity contribution in [2.24, 2.45) is 0 Å². The van der Waals surface area contributed by atoms with Gasteiger partial charge in [0.25, 0.3) is 0 Å². The van der Waals surface area contributed by atoms with Gasteiger partial charge in [0, 0.05) is 32.2 Å². The van der Waals surface area contributed by atoms with Gasteiger partial charge in [-0.2, -0.15) is 6.42 Å². The smallest absolute Gasteiger partial charge is 1.00 e. The van der Waals surface area contributed by atoms with Gasteiger partial charge >= 0.3 is 46.1 Å². The van der Waals surface area contributed by atoms with Gasteiger partial charge in [-0.05, 0) is 57.8 Å². The van der Waals surface area contributed by atoms with Crippen LogP contribution in [0.4, 0.5) is 0 Å². The molecule has 0 radical (unpaired) electrons. The molecule has 3 saturated heterocycles. The Morgan fingerprint density at radius 3 is 1.56 bits per heavy atom. The molecule has 8 heteroatoms. The molecule has 302 valence electrons. The summed E-state index contributed by atoms with van der Waals surface area (Å²) in [5.41, 5.74) is 4.94. The number of aliphatic hydroxyl groups is 1. The monoisotopic (exact) mass is 757 g/mol. The van der Waals surface area contributed by atoms with Crippen molar-refractivity contribution in [2.75, 3.05) is 65.8 Å². The predicted molar refractivity (Wildman–Crippen MR) is 233 cm³/mol. The number of fused-ring (bicyclic) bond motifs is 1. The first-order valence-electron chi connectivity index (χ1n) is 21.2. The van der Waals surface area contributed by atoms with E-state index in [9.17, 15) is 0 Å². The van der Waals surface area contributed by atoms with Crippen LogP contribution in [0.25, 0.3) is 0 Å². The summed E-state index contributed by atoms with van der Waals surface area (Å²) < 4.78 is 16.1. The third-order valence-electron chi connectivity index (χ3n) is 9.33. The van der Waals surface area contributed by atoms with Crippen LogP contribution in [0.1, 0.15) is 168 Å². The number of morpholine rings is 2. The molecular formula is C44H88Mg2N2O4. The van der Waals surface area contributed by atoms with Gasteiger partial charge in [-0.3, -0.25) is 9.80 Å². The largest absolute Gasteiger partial charge is 2.00 e. The number of ether oxygens (including phenoxy) is 3. The second-order valence-electron chi connectivity index (χ2n) is 14.0. The van der Waals surface area contributed by atoms with Crippen LogP contribution in [0, 0.1) is 6.92 Å². The quantitative estimate of drug-likeness (QED) is 0.0715. The molecule has 2 atom stereocenters. The van der Waals surface area contributed by atoms with Crippen LogP contribution in [0.15, 0.2) is 34.9 Å². The van der Waals surface area contributed by atoms with Crippen LogP contribution in [0.2, 0.25) is 0 Å². The standard InChI is InChI=1S/C16H31NO2.C11H22.C11H21.C6H11NO2.2Mg.3H/c1-3-6-15(7-4-2)8-5-9-16-14-19-13-11-17(16)10-12-18;2*1-4-7-10-11(8-5-2)9-6-3;1-3-8-5-6-7(1)2-4-9-6;;;;;/h8,16,18H,3-7,9-14H2,1-2H3;10H,4-9H2,1-3H3;10H,1,4-9H2,2-3H3;6H,1-5H2;;;;;/q;;-1;;2*+2;3*-1. The maximum atomic E-state index is 9.10. The van der Waals surface area contributed by atoms with Crippen LogP contribution < -0.4 is 0 Å². The van der Waals surface area contributed by atoms with Crippen molar-refractivity contribution >= 4 is 46.1 Å². The van der Waals surface area contributed by atoms with Gasteiger partial charge in [-0.1, -0.05) is 135 Å². The molecule has 3 aliphatic rings. The summed E-state index contributed by atoms with van der Waals surface area (Å²) in [6.07, 6.45) is 29.9. The van der Waals surface area contributed by atoms with E-state index in [2.05, 4.69) is 83.4 Å². The van der Waals surface area contributed by atoms with E-state index >= 15 is 0 Å². The van der Waals surface area contributed by atoms with Gasteiger partial charge in [0.15, 0.2) is 0 Å². The second kappa shape index (κ2) is 42.7. The number of unbranched alkanes of at least 4 members (excludes halogenated alkanes) is 2. The molecule has 3 heterocycles. The Labute approximate surface area is 361 Å². The van der Waals surface area contributed by atoms with Gasteiger partial charge in [0.05, 0.1) is 39.6 Å². The molecule has 0 saturated carbocycles. The fourth-order valence-corrected chi connectivity index (χ4v) is 6.76. The fourth-order valence-electron chi connectivity index (χ4n) is 6.76. The molecule has 0 spiro atoms. The maximum absolute atomic E-state index is 9.10. The molecule has 0 aromatic heterocycles. The van der Waals surface area contributed by atoms with Gasteiger partial charge in [0.1, 0.15) is 6.23 Å². The van der Waals surface area contributed by atoms with Crippen LogP contribution >= 0.6 is 0 Å². The predicted octanol–water partition coefficient (Wildman–Crippen LogP) is 10.7. The summed E-state index contributed by atoms with van der Waals surface area (Å²) in [7, 11) is 0. The first-order valence-corrected chi connectivity index (χ1v) is 21.2. The Morgan fingerprint density at radius 2 is 1.10 bits per heavy atom. The minimum absolute atomic E-state index is 0. The van der Waals surface area contributed by atoms with E-state index in [0.717, 1.165) is 84.9 Å². The van der Waals surface area contributed by atoms with E-state index in [1.807, 2.05) is 0 Å². The molecule has 0 amide bonds. The molecule has 2 unspecified atom stereocenters. The third-order valence-corrected chi connectivity index (χ3v) is 9.33. The molecule has 0 aromatic carbocycles. The van der Waals surface area contributed by atoms with Crippen molar-refractivity contribution in [1.82, 2.24) is 9.80 Å². The summed E-state index contributed by atoms with van der Waals surface area (Å²) in [6.45, 7) is 27.9. The molecule has 1 N–H and O–H groups in total. The van der Waals surface area contributed by atoms with Crippen LogP contribution in [-0.2, 0) is 14.2 Å². The van der Waals surface area contributed by atoms with Crippen LogP contribution in [-0.4, -0.2) is 139 Å². The first kappa shape index (κ1) is 56.8. The summed E-state index contributed by atoms with van der Waals surface area (Å²) in [5, 5.41) is 9.10. The van der Waals surface area contributed by atoms with Crippen LogP contribution in [0.3, 0.4) is 0 Å². The average Bonchev–Trinajstić information content (AvgIpc) is 3.61. The van der Waals surface area contributed by atoms with Gasteiger partial charge in [0.2, 0.25) is 0 Å². The van der Waals surface area contributed by atoms with E-state index in [-0.39, 0.29) is 63.2 Å². The van der Waals surface area contributed by atoms with E-state index in [0.29, 0.717) is 6.04 Å². The van der Waals surface area contributed by atoms with E-state index in [1.165, 1.54) is 89.9 Å². The van der Waals surface area contributed by atoms with Crippen molar-refractivity contribution in [2.45, 2.75) is 176 Å². The van der Waals surface area contributed by atoms with Crippen molar-refractivity contribution in [3.8, 4) is 0 Å². The number of hydrogen-bond donors (Lipinski definition) is 1. The fraction of sp³-hybridized carbons (Fsp3) is 0.841. The minimum atomic E-state index is 0. The van der Waals surface area contributed by atoms with Crippen molar-refractivity contribution in [3.63, 3.8) is 0 Å². The topological polar surface area (TPSA) is 54.4 Å². The molecule has 3 rings (SSSR count). The normalized spacial score (nSPS) is 17.9. The number of β-amino-alcohol motifs (C(OH)–C–C–N with tert-alkyl or cyclic N) is 1. The van der Waals surface area contributed by atoms with Crippen LogP contribution in [0.5, 0.6) is 0 Å². The summed E-state index contributed by atoms with van der Waals surface area (Å²) in [5.74, 6) is 0. The minimum Gasteiger partial charge on any atom is -1.00 e. The van der Waals surface area contributed by atoms with Gasteiger partial charge in [-0.25, -0.2) is 0 Å². The van der Waals surface area contributed by atoms with Gasteiger partial charge < -0.3 is 30.5 Å². The molecule has 3 aliphatic heterocycles. The number of hydrogen-bond acceptors (Lipinski definition) is 6. The Morgan fingerprint density at radius 1 is 0.635 bits per heavy atom. The molecule has 3 fully saturated rings. The molecule has 0 aliphatic carbocycles. The Bertz CT molecular complexity index is 790. The van der Waals surface area contributed by atoms with E-state index in [4.69, 9.17) is 19.3 Å². The van der Waals surface area contributed by atoms with E-state index in [1.54, 1.807) is 16.7 Å². The number of nitrogens with zero attached hydrogens (tertiary/aromatic N) is 2. The average molecular weight is 758 g/mol. The summed E-state index contributed by atoms with van der Waals surface area (Å²) in [4.78, 5) is 4.69. The Balaban J connectivity index is -0.000000147. The van der Waals surface area contributed by atoms with Crippen molar-refractivity contribution in [3.05, 3.63) is 41.9 Å². The first-order chi connectivity index (χ1) is 24.5. The second-order valence-corrected chi connectivity index (χ2v) is 14.0. The zero-order valence-corrected chi connectivity index (χ0v) is 38.7. The third kappa shape index (κ3) is 30.7. The molecule has 0 aromatic rings. The summed E-state index contributed by atoms with van der Waals surface area (Å²) in [6, 6.07) is 0.488. The summed E-state index contributed by atoms with van der Waals surface area (Å²) >= 11 is 0. The molecule has 0 bridgehead atoms. The number of aliphatic hydroxyl groups excluding tert-OH is 1. The molecule has 6 nitrogen and oxygen atoms in total. The zero-order chi connectivity index (χ0) is 37.1. The Hall–Kier alpha value is 0.512. The van der Waals surface area contributed by atoms with E-state index < -0.39 is 0 Å². The molecular weight excluding hydrogens is 669 g/mol. The van der Waals surface area contributed by atoms with Gasteiger partial charge in [-0.15, -0.1) is 0 Å². The maximum Gasteiger partial charge on any atom is 2.00 e. The van der Waals surface area contributed by atoms with Crippen molar-refractivity contribution in [1.29, 1.82) is 0 Å². The number of allylic oxidation sites excluding steroid dienone is 6. The number of rotatable bonds is 21. The Kier molecular flexibility index (Phi) is 46.6.